The van der Waals surface area contributed by atoms with Gasteiger partial charge in [-0.2, -0.15) is 0 Å². The average molecular weight is 336 g/mol. The van der Waals surface area contributed by atoms with Gasteiger partial charge in [0.1, 0.15) is 26.1 Å². The molecule has 0 atom stereocenters. The van der Waals surface area contributed by atoms with Crippen molar-refractivity contribution < 1.29 is 9.53 Å². The fourth-order valence-electron chi connectivity index (χ4n) is 2.08. The van der Waals surface area contributed by atoms with Gasteiger partial charge in [-0.3, -0.25) is 4.79 Å². The molecule has 0 spiro atoms. The van der Waals surface area contributed by atoms with Gasteiger partial charge in [-0.05, 0) is 19.4 Å². The number of carbonyl (C=O) groups is 1. The molecule has 3 heterocycles. The minimum Gasteiger partial charge on any atom is -0.462 e. The van der Waals surface area contributed by atoms with E-state index in [0.29, 0.717) is 39.5 Å². The summed E-state index contributed by atoms with van der Waals surface area (Å²) in [5.41, 5.74) is 1.98. The molecule has 0 aliphatic rings. The van der Waals surface area contributed by atoms with Gasteiger partial charge in [-0.15, -0.1) is 32.9 Å². The Bertz CT molecular complexity index is 883. The first-order valence-corrected chi connectivity index (χ1v) is 8.24. The number of hydrogen-bond donors (Lipinski definition) is 1. The number of thiophene rings is 1. The van der Waals surface area contributed by atoms with Crippen molar-refractivity contribution in [1.29, 1.82) is 0 Å². The van der Waals surface area contributed by atoms with Crippen molar-refractivity contribution in [3.63, 3.8) is 0 Å². The summed E-state index contributed by atoms with van der Waals surface area (Å²) in [7, 11) is 0. The second kappa shape index (κ2) is 5.93. The maximum Gasteiger partial charge on any atom is 0.348 e. The molecule has 0 bridgehead atoms. The molecule has 3 aromatic rings. The highest BCUT2D eigenvalue weighted by Gasteiger charge is 2.20. The molecule has 9 heteroatoms. The number of rotatable bonds is 4. The van der Waals surface area contributed by atoms with Crippen LogP contribution < -0.4 is 5.56 Å². The van der Waals surface area contributed by atoms with Crippen LogP contribution in [0.2, 0.25) is 0 Å². The van der Waals surface area contributed by atoms with Crippen LogP contribution in [0.1, 0.15) is 33.0 Å². The number of nitrogens with one attached hydrogen (secondary N) is 1. The molecular weight excluding hydrogens is 324 g/mol. The SMILES string of the molecule is CCOC(=O)c1sc2nc(Cc3nncs3)[nH]c(=O)c2c1C. The van der Waals surface area contributed by atoms with E-state index in [4.69, 9.17) is 4.74 Å². The molecule has 0 aliphatic carbocycles. The predicted octanol–water partition coefficient (Wildman–Crippen LogP) is 1.91. The minimum atomic E-state index is -0.423. The Morgan fingerprint density at radius 1 is 1.45 bits per heavy atom. The fourth-order valence-corrected chi connectivity index (χ4v) is 3.70. The molecule has 7 nitrogen and oxygen atoms in total. The summed E-state index contributed by atoms with van der Waals surface area (Å²) in [6.45, 7) is 3.76. The van der Waals surface area contributed by atoms with E-state index in [1.54, 1.807) is 19.4 Å². The Kier molecular flexibility index (Phi) is 3.99. The molecule has 0 saturated carbocycles. The van der Waals surface area contributed by atoms with Crippen LogP contribution in [-0.2, 0) is 11.2 Å². The lowest BCUT2D eigenvalue weighted by Gasteiger charge is -1.99. The number of aryl methyl sites for hydroxylation is 1. The van der Waals surface area contributed by atoms with Crippen LogP contribution in [0.5, 0.6) is 0 Å². The van der Waals surface area contributed by atoms with E-state index in [-0.39, 0.29) is 5.56 Å². The zero-order valence-electron chi connectivity index (χ0n) is 11.9. The van der Waals surface area contributed by atoms with Crippen molar-refractivity contribution in [3.8, 4) is 0 Å². The lowest BCUT2D eigenvalue weighted by Crippen LogP contribution is -2.12. The van der Waals surface area contributed by atoms with E-state index in [1.807, 2.05) is 0 Å². The quantitative estimate of drug-likeness (QED) is 0.731. The van der Waals surface area contributed by atoms with Crippen molar-refractivity contribution in [2.45, 2.75) is 20.3 Å². The summed E-state index contributed by atoms with van der Waals surface area (Å²) < 4.78 is 5.01. The molecule has 3 rings (SSSR count). The largest absolute Gasteiger partial charge is 0.462 e. The van der Waals surface area contributed by atoms with Crippen LogP contribution in [-0.4, -0.2) is 32.7 Å². The van der Waals surface area contributed by atoms with Gasteiger partial charge in [0, 0.05) is 0 Å². The summed E-state index contributed by atoms with van der Waals surface area (Å²) >= 11 is 2.57. The molecule has 0 fully saturated rings. The third-order valence-electron chi connectivity index (χ3n) is 3.03. The number of carbonyl (C=O) groups excluding carboxylic acids is 1. The number of nitrogens with zero attached hydrogens (tertiary/aromatic N) is 3. The van der Waals surface area contributed by atoms with Gasteiger partial charge in [0.05, 0.1) is 18.4 Å². The van der Waals surface area contributed by atoms with E-state index >= 15 is 0 Å². The fraction of sp³-hybridized carbons (Fsp3) is 0.308. The maximum atomic E-state index is 12.3. The van der Waals surface area contributed by atoms with Crippen molar-refractivity contribution in [1.82, 2.24) is 20.2 Å². The van der Waals surface area contributed by atoms with Gasteiger partial charge in [-0.1, -0.05) is 0 Å². The van der Waals surface area contributed by atoms with Gasteiger partial charge in [0.15, 0.2) is 0 Å². The van der Waals surface area contributed by atoms with E-state index in [2.05, 4.69) is 20.2 Å². The Morgan fingerprint density at radius 2 is 2.27 bits per heavy atom. The summed E-state index contributed by atoms with van der Waals surface area (Å²) in [6.07, 6.45) is 0.404. The molecule has 0 unspecified atom stereocenters. The predicted molar refractivity (Wildman–Crippen MR) is 83.6 cm³/mol. The number of hydrogen-bond acceptors (Lipinski definition) is 8. The standard InChI is InChI=1S/C13H12N4O3S2/c1-3-20-13(19)10-6(2)9-11(18)15-7(16-12(9)22-10)4-8-17-14-5-21-8/h5H,3-4H2,1-2H3,(H,15,16,18). The third-order valence-corrected chi connectivity index (χ3v) is 4.90. The molecule has 0 aromatic carbocycles. The minimum absolute atomic E-state index is 0.256. The van der Waals surface area contributed by atoms with Crippen LogP contribution in [0, 0.1) is 6.92 Å². The number of fused-ring (bicyclic) bond motifs is 1. The van der Waals surface area contributed by atoms with Gasteiger partial charge in [0.25, 0.3) is 5.56 Å². The molecule has 0 aliphatic heterocycles. The third kappa shape index (κ3) is 2.64. The van der Waals surface area contributed by atoms with Crippen LogP contribution in [0.3, 0.4) is 0 Å². The average Bonchev–Trinajstić information content (AvgIpc) is 3.07. The summed E-state index contributed by atoms with van der Waals surface area (Å²) in [5, 5.41) is 8.89. The summed E-state index contributed by atoms with van der Waals surface area (Å²) in [6, 6.07) is 0. The van der Waals surface area contributed by atoms with Crippen LogP contribution in [0.15, 0.2) is 10.3 Å². The molecule has 0 saturated heterocycles. The number of aromatic amines is 1. The Labute approximate surface area is 133 Å². The van der Waals surface area contributed by atoms with Crippen LogP contribution >= 0.6 is 22.7 Å². The Balaban J connectivity index is 2.06. The Morgan fingerprint density at radius 3 is 2.95 bits per heavy atom. The highest BCUT2D eigenvalue weighted by Crippen LogP contribution is 2.27. The lowest BCUT2D eigenvalue weighted by atomic mass is 10.2. The van der Waals surface area contributed by atoms with Crippen LogP contribution in [0.4, 0.5) is 0 Å². The zero-order chi connectivity index (χ0) is 15.7. The topological polar surface area (TPSA) is 97.8 Å². The van der Waals surface area contributed by atoms with E-state index < -0.39 is 5.97 Å². The number of H-pyrrole nitrogens is 1. The van der Waals surface area contributed by atoms with E-state index in [1.165, 1.54) is 22.7 Å². The number of esters is 1. The van der Waals surface area contributed by atoms with Crippen LogP contribution in [0.25, 0.3) is 10.2 Å². The first kappa shape index (κ1) is 14.8. The Hall–Kier alpha value is -2.13. The monoisotopic (exact) mass is 336 g/mol. The van der Waals surface area contributed by atoms with Crippen molar-refractivity contribution in [3.05, 3.63) is 37.1 Å². The molecule has 114 valence electrons. The molecule has 22 heavy (non-hydrogen) atoms. The zero-order valence-corrected chi connectivity index (χ0v) is 13.5. The highest BCUT2D eigenvalue weighted by molar-refractivity contribution is 7.20. The highest BCUT2D eigenvalue weighted by atomic mass is 32.1. The molecule has 1 N–H and O–H groups in total. The number of ether oxygens (including phenoxy) is 1. The second-order valence-corrected chi connectivity index (χ2v) is 6.40. The van der Waals surface area contributed by atoms with Crippen molar-refractivity contribution in [2.24, 2.45) is 0 Å². The summed E-state index contributed by atoms with van der Waals surface area (Å²) in [5.74, 6) is 0.0824. The molecule has 3 aromatic heterocycles. The first-order valence-electron chi connectivity index (χ1n) is 6.54. The van der Waals surface area contributed by atoms with E-state index in [0.717, 1.165) is 5.01 Å². The van der Waals surface area contributed by atoms with Crippen molar-refractivity contribution in [2.75, 3.05) is 6.61 Å². The van der Waals surface area contributed by atoms with E-state index in [9.17, 15) is 9.59 Å². The summed E-state index contributed by atoms with van der Waals surface area (Å²) in [4.78, 5) is 32.3. The van der Waals surface area contributed by atoms with Gasteiger partial charge < -0.3 is 9.72 Å². The lowest BCUT2D eigenvalue weighted by molar-refractivity contribution is 0.0531. The maximum absolute atomic E-state index is 12.3. The molecule has 0 amide bonds. The van der Waals surface area contributed by atoms with Crippen molar-refractivity contribution >= 4 is 38.9 Å². The normalized spacial score (nSPS) is 11.0. The second-order valence-electron chi connectivity index (χ2n) is 4.48. The van der Waals surface area contributed by atoms with Gasteiger partial charge in [-0.25, -0.2) is 9.78 Å². The van der Waals surface area contributed by atoms with Gasteiger partial charge in [0.2, 0.25) is 0 Å². The van der Waals surface area contributed by atoms with Gasteiger partial charge >= 0.3 is 5.97 Å². The smallest absolute Gasteiger partial charge is 0.348 e. The number of aromatic nitrogens is 4. The molecule has 0 radical (unpaired) electrons. The first-order chi connectivity index (χ1) is 10.6. The molecular formula is C13H12N4O3S2.